The Bertz CT molecular complexity index is 589. The highest BCUT2D eigenvalue weighted by molar-refractivity contribution is 6.33. The maximum absolute atomic E-state index is 12.1. The molecule has 1 aliphatic heterocycles. The van der Waals surface area contributed by atoms with Gasteiger partial charge in [0.15, 0.2) is 0 Å². The zero-order valence-corrected chi connectivity index (χ0v) is 10.4. The van der Waals surface area contributed by atoms with Gasteiger partial charge in [-0.3, -0.25) is 19.3 Å². The van der Waals surface area contributed by atoms with Crippen LogP contribution in [-0.4, -0.2) is 34.3 Å². The van der Waals surface area contributed by atoms with Crippen LogP contribution in [0.5, 0.6) is 0 Å². The van der Waals surface area contributed by atoms with Gasteiger partial charge >= 0.3 is 5.97 Å². The summed E-state index contributed by atoms with van der Waals surface area (Å²) < 4.78 is 0. The predicted octanol–water partition coefficient (Wildman–Crippen LogP) is 1.22. The fraction of sp³-hybridized carbons (Fsp3) is 0.214. The number of aryl methyl sites for hydroxylation is 1. The van der Waals surface area contributed by atoms with Crippen molar-refractivity contribution in [2.24, 2.45) is 0 Å². The monoisotopic (exact) mass is 259 g/mol. The van der Waals surface area contributed by atoms with Crippen molar-refractivity contribution in [2.75, 3.05) is 6.54 Å². The van der Waals surface area contributed by atoms with E-state index in [0.29, 0.717) is 11.1 Å². The molecule has 5 heteroatoms. The van der Waals surface area contributed by atoms with Crippen molar-refractivity contribution < 1.29 is 19.5 Å². The summed E-state index contributed by atoms with van der Waals surface area (Å²) in [5, 5.41) is 8.61. The number of benzene rings is 1. The third-order valence-electron chi connectivity index (χ3n) is 2.99. The van der Waals surface area contributed by atoms with E-state index in [0.717, 1.165) is 10.5 Å². The van der Waals surface area contributed by atoms with Crippen LogP contribution in [0.2, 0.25) is 0 Å². The summed E-state index contributed by atoms with van der Waals surface area (Å²) in [4.78, 5) is 35.3. The molecule has 0 aromatic heterocycles. The summed E-state index contributed by atoms with van der Waals surface area (Å²) in [6, 6.07) is 7.27. The average molecular weight is 259 g/mol. The smallest absolute Gasteiger partial charge is 0.305 e. The molecule has 5 nitrogen and oxygen atoms in total. The summed E-state index contributed by atoms with van der Waals surface area (Å²) in [5.41, 5.74) is 1.93. The van der Waals surface area contributed by atoms with Crippen LogP contribution >= 0.6 is 0 Å². The van der Waals surface area contributed by atoms with Gasteiger partial charge in [-0.25, -0.2) is 0 Å². The highest BCUT2D eigenvalue weighted by Crippen LogP contribution is 2.25. The van der Waals surface area contributed by atoms with Crippen LogP contribution < -0.4 is 0 Å². The lowest BCUT2D eigenvalue weighted by atomic mass is 10.0. The highest BCUT2D eigenvalue weighted by atomic mass is 16.4. The lowest BCUT2D eigenvalue weighted by Crippen LogP contribution is -2.32. The quantitative estimate of drug-likeness (QED) is 0.825. The van der Waals surface area contributed by atoms with Gasteiger partial charge in [-0.1, -0.05) is 24.3 Å². The van der Waals surface area contributed by atoms with Gasteiger partial charge in [0.25, 0.3) is 11.8 Å². The van der Waals surface area contributed by atoms with Crippen molar-refractivity contribution in [1.29, 1.82) is 0 Å². The fourth-order valence-electron chi connectivity index (χ4n) is 2.00. The number of hydrogen-bond donors (Lipinski definition) is 1. The molecule has 0 saturated carbocycles. The van der Waals surface area contributed by atoms with Crippen LogP contribution in [0.1, 0.15) is 17.5 Å². The molecule has 0 unspecified atom stereocenters. The van der Waals surface area contributed by atoms with E-state index in [1.807, 2.05) is 19.1 Å². The number of imide groups is 1. The third-order valence-corrected chi connectivity index (χ3v) is 2.99. The molecule has 2 amide bonds. The van der Waals surface area contributed by atoms with Gasteiger partial charge in [-0.2, -0.15) is 0 Å². The Morgan fingerprint density at radius 3 is 2.58 bits per heavy atom. The normalized spacial score (nSPS) is 14.8. The summed E-state index contributed by atoms with van der Waals surface area (Å²) in [5.74, 6) is -1.92. The average Bonchev–Trinajstić information content (AvgIpc) is 2.63. The molecule has 0 atom stereocenters. The highest BCUT2D eigenvalue weighted by Gasteiger charge is 2.32. The van der Waals surface area contributed by atoms with Crippen molar-refractivity contribution in [1.82, 2.24) is 4.90 Å². The van der Waals surface area contributed by atoms with Gasteiger partial charge in [0.2, 0.25) is 0 Å². The number of amides is 2. The molecule has 2 rings (SSSR count). The van der Waals surface area contributed by atoms with Crippen molar-refractivity contribution >= 4 is 23.4 Å². The van der Waals surface area contributed by atoms with E-state index in [-0.39, 0.29) is 13.0 Å². The maximum Gasteiger partial charge on any atom is 0.305 e. The van der Waals surface area contributed by atoms with Gasteiger partial charge in [0.05, 0.1) is 12.0 Å². The summed E-state index contributed by atoms with van der Waals surface area (Å²) in [6.07, 6.45) is 1.03. The molecule has 98 valence electrons. The van der Waals surface area contributed by atoms with E-state index in [2.05, 4.69) is 0 Å². The molecule has 19 heavy (non-hydrogen) atoms. The summed E-state index contributed by atoms with van der Waals surface area (Å²) >= 11 is 0. The van der Waals surface area contributed by atoms with Gasteiger partial charge in [0.1, 0.15) is 0 Å². The number of carboxylic acid groups (broad SMARTS) is 1. The minimum atomic E-state index is -1.04. The second-order valence-corrected chi connectivity index (χ2v) is 4.31. The topological polar surface area (TPSA) is 74.7 Å². The number of carbonyl (C=O) groups excluding carboxylic acids is 2. The molecule has 0 fully saturated rings. The van der Waals surface area contributed by atoms with E-state index in [9.17, 15) is 14.4 Å². The number of rotatable bonds is 4. The molecule has 0 spiro atoms. The molecule has 1 aromatic carbocycles. The Morgan fingerprint density at radius 2 is 1.95 bits per heavy atom. The van der Waals surface area contributed by atoms with E-state index in [1.54, 1.807) is 12.1 Å². The molecule has 1 aromatic rings. The molecular formula is C14H13NO4. The van der Waals surface area contributed by atoms with E-state index >= 15 is 0 Å². The lowest BCUT2D eigenvalue weighted by Gasteiger charge is -2.13. The van der Waals surface area contributed by atoms with E-state index < -0.39 is 17.8 Å². The van der Waals surface area contributed by atoms with Crippen LogP contribution in [0.25, 0.3) is 5.57 Å². The molecule has 0 aliphatic carbocycles. The van der Waals surface area contributed by atoms with Gasteiger partial charge in [-0.05, 0) is 18.1 Å². The largest absolute Gasteiger partial charge is 0.481 e. The Morgan fingerprint density at radius 1 is 1.26 bits per heavy atom. The Labute approximate surface area is 110 Å². The van der Waals surface area contributed by atoms with Crippen molar-refractivity contribution in [3.63, 3.8) is 0 Å². The van der Waals surface area contributed by atoms with Crippen LogP contribution in [0.15, 0.2) is 30.3 Å². The molecule has 1 N–H and O–H groups in total. The zero-order chi connectivity index (χ0) is 14.0. The van der Waals surface area contributed by atoms with Crippen molar-refractivity contribution in [2.45, 2.75) is 13.3 Å². The van der Waals surface area contributed by atoms with Gasteiger partial charge in [-0.15, -0.1) is 0 Å². The summed E-state index contributed by atoms with van der Waals surface area (Å²) in [7, 11) is 0. The lowest BCUT2D eigenvalue weighted by molar-refractivity contribution is -0.139. The predicted molar refractivity (Wildman–Crippen MR) is 68.1 cm³/mol. The second kappa shape index (κ2) is 5.06. The van der Waals surface area contributed by atoms with Gasteiger partial charge < -0.3 is 5.11 Å². The van der Waals surface area contributed by atoms with Gasteiger partial charge in [0, 0.05) is 12.6 Å². The molecule has 0 saturated heterocycles. The summed E-state index contributed by atoms with van der Waals surface area (Å²) in [6.45, 7) is 1.76. The first-order valence-corrected chi connectivity index (χ1v) is 5.86. The van der Waals surface area contributed by atoms with E-state index in [4.69, 9.17) is 5.11 Å². The molecule has 1 heterocycles. The number of carboxylic acids is 1. The fourth-order valence-corrected chi connectivity index (χ4v) is 2.00. The molecule has 1 aliphatic rings. The number of hydrogen-bond acceptors (Lipinski definition) is 3. The second-order valence-electron chi connectivity index (χ2n) is 4.31. The Hall–Kier alpha value is -2.43. The molecule has 0 bridgehead atoms. The minimum absolute atomic E-state index is 0.0983. The maximum atomic E-state index is 12.1. The first-order valence-electron chi connectivity index (χ1n) is 5.86. The third kappa shape index (κ3) is 2.54. The molecule has 0 radical (unpaired) electrons. The SMILES string of the molecule is Cc1ccccc1C1=CC(=O)N(CCC(=O)O)C1=O. The minimum Gasteiger partial charge on any atom is -0.481 e. The number of carbonyl (C=O) groups is 3. The number of nitrogens with zero attached hydrogens (tertiary/aromatic N) is 1. The standard InChI is InChI=1S/C14H13NO4/c1-9-4-2-3-5-10(9)11-8-12(16)15(14(11)19)7-6-13(17)18/h2-5,8H,6-7H2,1H3,(H,17,18). The molecular weight excluding hydrogens is 246 g/mol. The zero-order valence-electron chi connectivity index (χ0n) is 10.4. The van der Waals surface area contributed by atoms with Crippen molar-refractivity contribution in [3.05, 3.63) is 41.5 Å². The van der Waals surface area contributed by atoms with Crippen LogP contribution in [0, 0.1) is 6.92 Å². The Balaban J connectivity index is 2.24. The van der Waals surface area contributed by atoms with Crippen molar-refractivity contribution in [3.8, 4) is 0 Å². The Kier molecular flexibility index (Phi) is 3.46. The van der Waals surface area contributed by atoms with Crippen LogP contribution in [0.4, 0.5) is 0 Å². The van der Waals surface area contributed by atoms with Crippen LogP contribution in [-0.2, 0) is 14.4 Å². The van der Waals surface area contributed by atoms with E-state index in [1.165, 1.54) is 6.08 Å². The first-order chi connectivity index (χ1) is 9.00. The first kappa shape index (κ1) is 13.0. The van der Waals surface area contributed by atoms with Crippen LogP contribution in [0.3, 0.4) is 0 Å². The number of aliphatic carboxylic acids is 1.